The lowest BCUT2D eigenvalue weighted by atomic mass is 10.2. The van der Waals surface area contributed by atoms with Crippen LogP contribution in [0, 0.1) is 0 Å². The van der Waals surface area contributed by atoms with Crippen molar-refractivity contribution in [3.05, 3.63) is 34.6 Å². The number of benzene rings is 1. The van der Waals surface area contributed by atoms with Crippen molar-refractivity contribution in [3.63, 3.8) is 0 Å². The zero-order valence-electron chi connectivity index (χ0n) is 14.7. The molecule has 0 aliphatic rings. The van der Waals surface area contributed by atoms with Crippen molar-refractivity contribution in [1.82, 2.24) is 14.9 Å². The smallest absolute Gasteiger partial charge is 0.422 e. The Morgan fingerprint density at radius 3 is 2.78 bits per heavy atom. The molecule has 0 saturated heterocycles. The number of carbonyl (C=O) groups is 1. The minimum atomic E-state index is -4.56. The Balaban J connectivity index is 2.00. The first-order chi connectivity index (χ1) is 12.8. The summed E-state index contributed by atoms with van der Waals surface area (Å²) in [4.78, 5) is 28.4. The van der Waals surface area contributed by atoms with Crippen molar-refractivity contribution in [1.29, 1.82) is 0 Å². The third-order valence-corrected chi connectivity index (χ3v) is 4.51. The summed E-state index contributed by atoms with van der Waals surface area (Å²) in [6, 6.07) is 7.04. The molecule has 0 aliphatic heterocycles. The second kappa shape index (κ2) is 9.63. The lowest BCUT2D eigenvalue weighted by molar-refractivity contribution is -0.160. The van der Waals surface area contributed by atoms with Crippen LogP contribution < -0.4 is 10.9 Å². The average Bonchev–Trinajstić information content (AvgIpc) is 2.62. The zero-order valence-corrected chi connectivity index (χ0v) is 15.5. The van der Waals surface area contributed by atoms with Gasteiger partial charge in [-0.3, -0.25) is 9.36 Å². The number of fused-ring (bicyclic) bond motifs is 1. The number of nitrogens with one attached hydrogen (secondary N) is 1. The average molecular weight is 403 g/mol. The summed E-state index contributed by atoms with van der Waals surface area (Å²) >= 11 is 1.25. The van der Waals surface area contributed by atoms with Gasteiger partial charge in [-0.2, -0.15) is 13.2 Å². The number of hydrogen-bond donors (Lipinski definition) is 1. The molecule has 6 nitrogen and oxygen atoms in total. The molecule has 27 heavy (non-hydrogen) atoms. The van der Waals surface area contributed by atoms with Gasteiger partial charge in [0.2, 0.25) is 0 Å². The molecule has 2 rings (SSSR count). The third-order valence-electron chi connectivity index (χ3n) is 3.53. The number of para-hydroxylation sites is 1. The number of aromatic nitrogens is 2. The molecule has 0 unspecified atom stereocenters. The Labute approximate surface area is 158 Å². The molecule has 148 valence electrons. The van der Waals surface area contributed by atoms with Crippen LogP contribution in [0.15, 0.2) is 34.2 Å². The Morgan fingerprint density at radius 2 is 2.07 bits per heavy atom. The Hall–Kier alpha value is -2.23. The number of alkyl carbamates (subject to hydrolysis) is 1. The number of amides is 1. The van der Waals surface area contributed by atoms with Crippen molar-refractivity contribution in [2.24, 2.45) is 0 Å². The van der Waals surface area contributed by atoms with E-state index in [0.717, 1.165) is 12.8 Å². The molecule has 1 aromatic heterocycles. The molecule has 0 radical (unpaired) electrons. The highest BCUT2D eigenvalue weighted by Crippen LogP contribution is 2.18. The number of unbranched alkanes of at least 4 members (excludes halogenated alkanes) is 1. The van der Waals surface area contributed by atoms with Crippen LogP contribution in [0.25, 0.3) is 10.9 Å². The van der Waals surface area contributed by atoms with E-state index in [1.165, 1.54) is 11.8 Å². The highest BCUT2D eigenvalue weighted by molar-refractivity contribution is 7.99. The number of hydrogen-bond acceptors (Lipinski definition) is 5. The SMILES string of the molecule is CCCCn1c(SCCNC(=O)OCC(F)(F)F)nc2ccccc2c1=O. The fraction of sp³-hybridized carbons (Fsp3) is 0.471. The standard InChI is InChI=1S/C17H20F3N3O3S/c1-2-3-9-23-14(24)12-6-4-5-7-13(12)22-15(23)27-10-8-21-16(25)26-11-17(18,19)20/h4-7H,2-3,8-11H2,1H3,(H,21,25). The first-order valence-electron chi connectivity index (χ1n) is 8.41. The summed E-state index contributed by atoms with van der Waals surface area (Å²) < 4.78 is 41.6. The summed E-state index contributed by atoms with van der Waals surface area (Å²) in [7, 11) is 0. The molecule has 1 amide bonds. The van der Waals surface area contributed by atoms with Crippen LogP contribution in [0.2, 0.25) is 0 Å². The second-order valence-electron chi connectivity index (χ2n) is 5.69. The van der Waals surface area contributed by atoms with Gasteiger partial charge >= 0.3 is 12.3 Å². The maximum Gasteiger partial charge on any atom is 0.422 e. The van der Waals surface area contributed by atoms with Crippen LogP contribution >= 0.6 is 11.8 Å². The fourth-order valence-corrected chi connectivity index (χ4v) is 3.14. The first kappa shape index (κ1) is 21.1. The number of rotatable bonds is 8. The van der Waals surface area contributed by atoms with Gasteiger partial charge in [-0.1, -0.05) is 37.2 Å². The monoisotopic (exact) mass is 403 g/mol. The van der Waals surface area contributed by atoms with Gasteiger partial charge in [0.05, 0.1) is 10.9 Å². The number of alkyl halides is 3. The number of ether oxygens (including phenoxy) is 1. The summed E-state index contributed by atoms with van der Waals surface area (Å²) in [5, 5.41) is 3.29. The third kappa shape index (κ3) is 6.46. The second-order valence-corrected chi connectivity index (χ2v) is 6.75. The van der Waals surface area contributed by atoms with Crippen LogP contribution in [0.3, 0.4) is 0 Å². The maximum absolute atomic E-state index is 12.7. The topological polar surface area (TPSA) is 73.2 Å². The molecular weight excluding hydrogens is 383 g/mol. The maximum atomic E-state index is 12.7. The number of nitrogens with zero attached hydrogens (tertiary/aromatic N) is 2. The van der Waals surface area contributed by atoms with Gasteiger partial charge in [-0.05, 0) is 18.6 Å². The van der Waals surface area contributed by atoms with Gasteiger partial charge < -0.3 is 10.1 Å². The van der Waals surface area contributed by atoms with E-state index in [0.29, 0.717) is 28.4 Å². The van der Waals surface area contributed by atoms with E-state index in [2.05, 4.69) is 15.0 Å². The van der Waals surface area contributed by atoms with E-state index < -0.39 is 18.9 Å². The lowest BCUT2D eigenvalue weighted by Crippen LogP contribution is -2.30. The molecule has 1 aromatic carbocycles. The molecule has 2 aromatic rings. The number of carbonyl (C=O) groups excluding carboxylic acids is 1. The fourth-order valence-electron chi connectivity index (χ4n) is 2.27. The van der Waals surface area contributed by atoms with Crippen molar-refractivity contribution < 1.29 is 22.7 Å². The predicted molar refractivity (Wildman–Crippen MR) is 97.0 cm³/mol. The highest BCUT2D eigenvalue weighted by Gasteiger charge is 2.29. The van der Waals surface area contributed by atoms with E-state index >= 15 is 0 Å². The van der Waals surface area contributed by atoms with Crippen LogP contribution in [0.5, 0.6) is 0 Å². The number of halogens is 3. The summed E-state index contributed by atoms with van der Waals surface area (Å²) in [6.07, 6.45) is -3.97. The van der Waals surface area contributed by atoms with Crippen LogP contribution in [0.4, 0.5) is 18.0 Å². The van der Waals surface area contributed by atoms with Crippen molar-refractivity contribution >= 4 is 28.8 Å². The Kier molecular flexibility index (Phi) is 7.52. The normalized spacial score (nSPS) is 11.6. The van der Waals surface area contributed by atoms with E-state index in [9.17, 15) is 22.8 Å². The van der Waals surface area contributed by atoms with Gasteiger partial charge in [-0.25, -0.2) is 9.78 Å². The molecule has 0 aliphatic carbocycles. The molecule has 0 saturated carbocycles. The summed E-state index contributed by atoms with van der Waals surface area (Å²) in [6.45, 7) is 0.992. The van der Waals surface area contributed by atoms with E-state index in [4.69, 9.17) is 0 Å². The van der Waals surface area contributed by atoms with Gasteiger partial charge in [0.25, 0.3) is 5.56 Å². The summed E-state index contributed by atoms with van der Waals surface area (Å²) in [5.74, 6) is 0.331. The lowest BCUT2D eigenvalue weighted by Gasteiger charge is -2.13. The van der Waals surface area contributed by atoms with Crippen LogP contribution in [0.1, 0.15) is 19.8 Å². The highest BCUT2D eigenvalue weighted by atomic mass is 32.2. The molecule has 0 spiro atoms. The van der Waals surface area contributed by atoms with Crippen molar-refractivity contribution in [2.75, 3.05) is 18.9 Å². The largest absolute Gasteiger partial charge is 0.440 e. The van der Waals surface area contributed by atoms with Gasteiger partial charge in [-0.15, -0.1) is 0 Å². The van der Waals surface area contributed by atoms with Crippen LogP contribution in [-0.2, 0) is 11.3 Å². The van der Waals surface area contributed by atoms with Gasteiger partial charge in [0.1, 0.15) is 0 Å². The molecule has 1 N–H and O–H groups in total. The number of thioether (sulfide) groups is 1. The Bertz CT molecular complexity index is 840. The van der Waals surface area contributed by atoms with Crippen molar-refractivity contribution in [3.8, 4) is 0 Å². The van der Waals surface area contributed by atoms with E-state index in [1.807, 2.05) is 6.92 Å². The zero-order chi connectivity index (χ0) is 19.9. The Morgan fingerprint density at radius 1 is 1.33 bits per heavy atom. The van der Waals surface area contributed by atoms with E-state index in [-0.39, 0.29) is 12.1 Å². The molecular formula is C17H20F3N3O3S. The minimum absolute atomic E-state index is 0.0812. The predicted octanol–water partition coefficient (Wildman–Crippen LogP) is 3.58. The summed E-state index contributed by atoms with van der Waals surface area (Å²) in [5.41, 5.74) is 0.449. The molecule has 0 atom stereocenters. The van der Waals surface area contributed by atoms with E-state index in [1.54, 1.807) is 28.8 Å². The van der Waals surface area contributed by atoms with Crippen molar-refractivity contribution in [2.45, 2.75) is 37.6 Å². The first-order valence-corrected chi connectivity index (χ1v) is 9.40. The minimum Gasteiger partial charge on any atom is -0.440 e. The van der Waals surface area contributed by atoms with Crippen LogP contribution in [-0.4, -0.2) is 40.7 Å². The molecule has 1 heterocycles. The molecule has 0 bridgehead atoms. The molecule has 10 heteroatoms. The van der Waals surface area contributed by atoms with Gasteiger partial charge in [0, 0.05) is 18.8 Å². The quantitative estimate of drug-likeness (QED) is 0.414. The molecule has 0 fully saturated rings. The van der Waals surface area contributed by atoms with Gasteiger partial charge in [0.15, 0.2) is 11.8 Å².